The van der Waals surface area contributed by atoms with Gasteiger partial charge in [0.25, 0.3) is 0 Å². The van der Waals surface area contributed by atoms with Crippen molar-refractivity contribution in [3.05, 3.63) is 17.2 Å². The number of nitrogens with zero attached hydrogens (tertiary/aromatic N) is 2. The molecule has 0 saturated carbocycles. The summed E-state index contributed by atoms with van der Waals surface area (Å²) in [6, 6.07) is 0.336. The fourth-order valence-electron chi connectivity index (χ4n) is 3.60. The van der Waals surface area contributed by atoms with E-state index in [0.717, 1.165) is 44.6 Å². The molecule has 0 aromatic carbocycles. The van der Waals surface area contributed by atoms with Crippen LogP contribution in [0, 0.1) is 0 Å². The lowest BCUT2D eigenvalue weighted by atomic mass is 10.0. The van der Waals surface area contributed by atoms with Crippen molar-refractivity contribution >= 4 is 10.0 Å². The van der Waals surface area contributed by atoms with E-state index in [-0.39, 0.29) is 5.75 Å². The molecule has 0 unspecified atom stereocenters. The van der Waals surface area contributed by atoms with Gasteiger partial charge in [-0.15, -0.1) is 0 Å². The number of sulfonamides is 1. The Kier molecular flexibility index (Phi) is 4.84. The van der Waals surface area contributed by atoms with Gasteiger partial charge in [-0.05, 0) is 65.1 Å². The molecule has 1 atom stereocenters. The Hall–Kier alpha value is -0.920. The third kappa shape index (κ3) is 3.52. The topological polar surface area (TPSA) is 78.1 Å². The smallest absolute Gasteiger partial charge is 0.211 e. The molecule has 1 aliphatic heterocycles. The summed E-state index contributed by atoms with van der Waals surface area (Å²) in [7, 11) is -1.62. The molecule has 0 bridgehead atoms. The SMILES string of the molecule is CNS(=O)(=O)CCCN1CCC[C@@H]1c1nc2c([nH]1)CCCC2. The van der Waals surface area contributed by atoms with E-state index < -0.39 is 10.0 Å². The second-order valence-electron chi connectivity index (χ2n) is 6.32. The number of imidazole rings is 1. The zero-order valence-electron chi connectivity index (χ0n) is 13.3. The molecular formula is C15H26N4O2S. The number of hydrogen-bond donors (Lipinski definition) is 2. The summed E-state index contributed by atoms with van der Waals surface area (Å²) in [6.45, 7) is 1.85. The fraction of sp³-hybridized carbons (Fsp3) is 0.800. The first-order chi connectivity index (χ1) is 10.6. The van der Waals surface area contributed by atoms with Crippen LogP contribution in [0.1, 0.15) is 55.4 Å². The number of fused-ring (bicyclic) bond motifs is 1. The molecular weight excluding hydrogens is 300 g/mol. The number of aromatic nitrogens is 2. The molecule has 7 heteroatoms. The number of aromatic amines is 1. The second kappa shape index (κ2) is 6.68. The Balaban J connectivity index is 1.62. The van der Waals surface area contributed by atoms with Crippen molar-refractivity contribution in [3.63, 3.8) is 0 Å². The van der Waals surface area contributed by atoms with E-state index in [1.807, 2.05) is 0 Å². The quantitative estimate of drug-likeness (QED) is 0.827. The van der Waals surface area contributed by atoms with Crippen LogP contribution in [0.3, 0.4) is 0 Å². The monoisotopic (exact) mass is 326 g/mol. The first kappa shape index (κ1) is 16.0. The molecule has 3 rings (SSSR count). The third-order valence-corrected chi connectivity index (χ3v) is 6.27. The number of aryl methyl sites for hydroxylation is 2. The maximum absolute atomic E-state index is 11.5. The summed E-state index contributed by atoms with van der Waals surface area (Å²) in [5.41, 5.74) is 2.58. The summed E-state index contributed by atoms with van der Waals surface area (Å²) in [5, 5.41) is 0. The Morgan fingerprint density at radius 1 is 1.32 bits per heavy atom. The van der Waals surface area contributed by atoms with Gasteiger partial charge in [-0.2, -0.15) is 0 Å². The number of nitrogens with one attached hydrogen (secondary N) is 2. The molecule has 2 heterocycles. The van der Waals surface area contributed by atoms with Crippen LogP contribution in [0.5, 0.6) is 0 Å². The largest absolute Gasteiger partial charge is 0.344 e. The van der Waals surface area contributed by atoms with Crippen LogP contribution in [-0.4, -0.2) is 49.2 Å². The Morgan fingerprint density at radius 3 is 2.91 bits per heavy atom. The molecule has 1 fully saturated rings. The minimum atomic E-state index is -3.10. The van der Waals surface area contributed by atoms with Crippen LogP contribution in [-0.2, 0) is 22.9 Å². The van der Waals surface area contributed by atoms with Gasteiger partial charge in [0.05, 0.1) is 17.5 Å². The predicted molar refractivity (Wildman–Crippen MR) is 86.2 cm³/mol. The maximum Gasteiger partial charge on any atom is 0.211 e. The van der Waals surface area contributed by atoms with E-state index in [2.05, 4.69) is 14.6 Å². The normalized spacial score (nSPS) is 22.9. The summed E-state index contributed by atoms with van der Waals surface area (Å²) in [6.07, 6.45) is 7.66. The van der Waals surface area contributed by atoms with Gasteiger partial charge in [0, 0.05) is 5.69 Å². The van der Waals surface area contributed by atoms with Crippen molar-refractivity contribution in [2.75, 3.05) is 25.9 Å². The highest BCUT2D eigenvalue weighted by Gasteiger charge is 2.29. The van der Waals surface area contributed by atoms with Gasteiger partial charge in [0.15, 0.2) is 0 Å². The van der Waals surface area contributed by atoms with E-state index >= 15 is 0 Å². The molecule has 1 saturated heterocycles. The first-order valence-electron chi connectivity index (χ1n) is 8.32. The average Bonchev–Trinajstić information content (AvgIpc) is 3.12. The van der Waals surface area contributed by atoms with E-state index in [1.165, 1.54) is 31.3 Å². The number of likely N-dealkylation sites (tertiary alicyclic amines) is 1. The van der Waals surface area contributed by atoms with Crippen LogP contribution in [0.2, 0.25) is 0 Å². The van der Waals surface area contributed by atoms with Crippen molar-refractivity contribution in [3.8, 4) is 0 Å². The van der Waals surface area contributed by atoms with E-state index in [0.29, 0.717) is 12.5 Å². The molecule has 2 N–H and O–H groups in total. The summed E-state index contributed by atoms with van der Waals surface area (Å²) in [4.78, 5) is 10.8. The van der Waals surface area contributed by atoms with Gasteiger partial charge in [-0.3, -0.25) is 4.90 Å². The van der Waals surface area contributed by atoms with E-state index in [9.17, 15) is 8.42 Å². The van der Waals surface area contributed by atoms with Crippen LogP contribution in [0.4, 0.5) is 0 Å². The predicted octanol–water partition coefficient (Wildman–Crippen LogP) is 1.36. The van der Waals surface area contributed by atoms with Gasteiger partial charge in [-0.1, -0.05) is 0 Å². The van der Waals surface area contributed by atoms with Gasteiger partial charge >= 0.3 is 0 Å². The lowest BCUT2D eigenvalue weighted by molar-refractivity contribution is 0.250. The van der Waals surface area contributed by atoms with Crippen LogP contribution >= 0.6 is 0 Å². The molecule has 1 aliphatic carbocycles. The average molecular weight is 326 g/mol. The zero-order chi connectivity index (χ0) is 15.6. The highest BCUT2D eigenvalue weighted by Crippen LogP contribution is 2.32. The molecule has 124 valence electrons. The first-order valence-corrected chi connectivity index (χ1v) is 9.97. The van der Waals surface area contributed by atoms with Gasteiger partial charge < -0.3 is 4.98 Å². The standard InChI is InChI=1S/C15H26N4O2S/c1-16-22(20,21)11-5-10-19-9-4-8-14(19)15-17-12-6-2-3-7-13(12)18-15/h14,16H,2-11H2,1H3,(H,17,18)/t14-/m1/s1. The lowest BCUT2D eigenvalue weighted by Crippen LogP contribution is -2.29. The lowest BCUT2D eigenvalue weighted by Gasteiger charge is -2.22. The molecule has 1 aromatic heterocycles. The minimum Gasteiger partial charge on any atom is -0.344 e. The van der Waals surface area contributed by atoms with Crippen molar-refractivity contribution in [2.45, 2.75) is 51.0 Å². The van der Waals surface area contributed by atoms with Crippen LogP contribution < -0.4 is 4.72 Å². The molecule has 22 heavy (non-hydrogen) atoms. The summed E-state index contributed by atoms with van der Waals surface area (Å²) in [5.74, 6) is 1.29. The van der Waals surface area contributed by atoms with E-state index in [1.54, 1.807) is 0 Å². The highest BCUT2D eigenvalue weighted by molar-refractivity contribution is 7.89. The molecule has 0 radical (unpaired) electrons. The zero-order valence-corrected chi connectivity index (χ0v) is 14.1. The fourth-order valence-corrected chi connectivity index (χ4v) is 4.31. The van der Waals surface area contributed by atoms with Crippen LogP contribution in [0.25, 0.3) is 0 Å². The Labute approximate surface area is 132 Å². The highest BCUT2D eigenvalue weighted by atomic mass is 32.2. The molecule has 0 spiro atoms. The molecule has 1 aromatic rings. The van der Waals surface area contributed by atoms with Gasteiger partial charge in [0.2, 0.25) is 10.0 Å². The van der Waals surface area contributed by atoms with E-state index in [4.69, 9.17) is 4.98 Å². The van der Waals surface area contributed by atoms with Gasteiger partial charge in [-0.25, -0.2) is 18.1 Å². The number of H-pyrrole nitrogens is 1. The molecule has 2 aliphatic rings. The van der Waals surface area contributed by atoms with Crippen LogP contribution in [0.15, 0.2) is 0 Å². The summed E-state index contributed by atoms with van der Waals surface area (Å²) < 4.78 is 25.4. The van der Waals surface area contributed by atoms with Gasteiger partial charge in [0.1, 0.15) is 5.82 Å². The van der Waals surface area contributed by atoms with Crippen molar-refractivity contribution < 1.29 is 8.42 Å². The van der Waals surface area contributed by atoms with Crippen molar-refractivity contribution in [2.24, 2.45) is 0 Å². The molecule has 0 amide bonds. The Bertz CT molecular complexity index is 588. The number of hydrogen-bond acceptors (Lipinski definition) is 4. The van der Waals surface area contributed by atoms with Crippen molar-refractivity contribution in [1.29, 1.82) is 0 Å². The Morgan fingerprint density at radius 2 is 2.14 bits per heavy atom. The number of rotatable bonds is 6. The maximum atomic E-state index is 11.5. The second-order valence-corrected chi connectivity index (χ2v) is 8.37. The van der Waals surface area contributed by atoms with Crippen molar-refractivity contribution in [1.82, 2.24) is 19.6 Å². The molecule has 6 nitrogen and oxygen atoms in total. The summed E-state index contributed by atoms with van der Waals surface area (Å²) >= 11 is 0. The third-order valence-electron chi connectivity index (χ3n) is 4.82. The minimum absolute atomic E-state index is 0.196.